The molecule has 11 nitrogen and oxygen atoms in total. The predicted molar refractivity (Wildman–Crippen MR) is 138 cm³/mol. The third-order valence-corrected chi connectivity index (χ3v) is 6.06. The SMILES string of the molecule is CC(C)CC(NC(=O)C(CS)NC(=O)C(N)C(C)O)C(=O)NC(Cc1c[nH]c2ccccc12)C(=O)O. The van der Waals surface area contributed by atoms with Gasteiger partial charge in [0.1, 0.15) is 24.2 Å². The van der Waals surface area contributed by atoms with Crippen LogP contribution in [0.3, 0.4) is 0 Å². The minimum atomic E-state index is -1.24. The summed E-state index contributed by atoms with van der Waals surface area (Å²) < 4.78 is 0. The van der Waals surface area contributed by atoms with Gasteiger partial charge in [0.15, 0.2) is 0 Å². The molecule has 2 aromatic rings. The van der Waals surface area contributed by atoms with Crippen LogP contribution in [0.15, 0.2) is 30.5 Å². The highest BCUT2D eigenvalue weighted by Gasteiger charge is 2.31. The Labute approximate surface area is 215 Å². The number of rotatable bonds is 13. The first-order valence-corrected chi connectivity index (χ1v) is 12.3. The van der Waals surface area contributed by atoms with Crippen molar-refractivity contribution in [2.45, 2.75) is 63.9 Å². The van der Waals surface area contributed by atoms with Crippen LogP contribution in [0.1, 0.15) is 32.8 Å². The molecule has 12 heteroatoms. The maximum absolute atomic E-state index is 13.1. The number of benzene rings is 1. The lowest BCUT2D eigenvalue weighted by molar-refractivity contribution is -0.142. The molecule has 0 aliphatic carbocycles. The van der Waals surface area contributed by atoms with E-state index in [2.05, 4.69) is 33.6 Å². The van der Waals surface area contributed by atoms with E-state index < -0.39 is 54.0 Å². The van der Waals surface area contributed by atoms with Gasteiger partial charge in [-0.25, -0.2) is 4.79 Å². The number of carboxylic acid groups (broad SMARTS) is 1. The van der Waals surface area contributed by atoms with E-state index in [-0.39, 0.29) is 24.5 Å². The first-order valence-electron chi connectivity index (χ1n) is 11.7. The van der Waals surface area contributed by atoms with E-state index >= 15 is 0 Å². The van der Waals surface area contributed by atoms with Crippen LogP contribution in [0.5, 0.6) is 0 Å². The van der Waals surface area contributed by atoms with Crippen molar-refractivity contribution in [3.63, 3.8) is 0 Å². The highest BCUT2D eigenvalue weighted by molar-refractivity contribution is 7.80. The molecule has 36 heavy (non-hydrogen) atoms. The smallest absolute Gasteiger partial charge is 0.326 e. The molecule has 0 aliphatic rings. The number of amides is 3. The Kier molecular flexibility index (Phi) is 10.8. The number of thiol groups is 1. The number of H-pyrrole nitrogens is 1. The number of aromatic amines is 1. The van der Waals surface area contributed by atoms with Crippen LogP contribution in [-0.2, 0) is 25.6 Å². The van der Waals surface area contributed by atoms with Crippen LogP contribution >= 0.6 is 12.6 Å². The molecule has 3 amide bonds. The maximum Gasteiger partial charge on any atom is 0.326 e. The van der Waals surface area contributed by atoms with Crippen LogP contribution < -0.4 is 21.7 Å². The molecule has 0 aliphatic heterocycles. The van der Waals surface area contributed by atoms with E-state index in [1.54, 1.807) is 6.20 Å². The Morgan fingerprint density at radius 1 is 0.972 bits per heavy atom. The van der Waals surface area contributed by atoms with Gasteiger partial charge in [-0.2, -0.15) is 12.6 Å². The normalized spacial score (nSPS) is 15.5. The number of carbonyl (C=O) groups is 4. The van der Waals surface area contributed by atoms with Gasteiger partial charge in [-0.1, -0.05) is 32.0 Å². The number of aliphatic hydroxyl groups excluding tert-OH is 1. The number of fused-ring (bicyclic) bond motifs is 1. The van der Waals surface area contributed by atoms with Crippen LogP contribution in [-0.4, -0.2) is 74.9 Å². The molecule has 1 heterocycles. The summed E-state index contributed by atoms with van der Waals surface area (Å²) in [5.74, 6) is -3.39. The predicted octanol–water partition coefficient (Wildman–Crippen LogP) is -0.0666. The lowest BCUT2D eigenvalue weighted by Gasteiger charge is -2.25. The van der Waals surface area contributed by atoms with Gasteiger partial charge in [-0.15, -0.1) is 0 Å². The number of carbonyl (C=O) groups excluding carboxylic acids is 3. The second-order valence-corrected chi connectivity index (χ2v) is 9.53. The first-order chi connectivity index (χ1) is 16.9. The van der Waals surface area contributed by atoms with Crippen molar-refractivity contribution in [1.82, 2.24) is 20.9 Å². The third-order valence-electron chi connectivity index (χ3n) is 5.69. The molecule has 198 valence electrons. The maximum atomic E-state index is 13.1. The Hall–Kier alpha value is -3.09. The van der Waals surface area contributed by atoms with E-state index in [0.29, 0.717) is 0 Å². The molecule has 1 aromatic heterocycles. The first kappa shape index (κ1) is 29.1. The van der Waals surface area contributed by atoms with Gasteiger partial charge < -0.3 is 36.9 Å². The number of para-hydroxylation sites is 1. The molecule has 0 saturated heterocycles. The van der Waals surface area contributed by atoms with Crippen molar-refractivity contribution in [1.29, 1.82) is 0 Å². The van der Waals surface area contributed by atoms with E-state index in [1.165, 1.54) is 6.92 Å². The fourth-order valence-electron chi connectivity index (χ4n) is 3.65. The Morgan fingerprint density at radius 3 is 2.14 bits per heavy atom. The van der Waals surface area contributed by atoms with Crippen LogP contribution in [0.4, 0.5) is 0 Å². The molecular formula is C24H35N5O6S. The molecule has 0 bridgehead atoms. The highest BCUT2D eigenvalue weighted by atomic mass is 32.1. The van der Waals surface area contributed by atoms with E-state index in [0.717, 1.165) is 16.5 Å². The fourth-order valence-corrected chi connectivity index (χ4v) is 3.91. The molecule has 0 fully saturated rings. The van der Waals surface area contributed by atoms with E-state index in [1.807, 2.05) is 38.1 Å². The molecule has 8 N–H and O–H groups in total. The zero-order chi connectivity index (χ0) is 27.0. The van der Waals surface area contributed by atoms with Crippen molar-refractivity contribution in [2.24, 2.45) is 11.7 Å². The summed E-state index contributed by atoms with van der Waals surface area (Å²) in [6.07, 6.45) is 0.855. The third kappa shape index (κ3) is 7.97. The summed E-state index contributed by atoms with van der Waals surface area (Å²) in [5, 5.41) is 27.6. The summed E-state index contributed by atoms with van der Waals surface area (Å²) in [7, 11) is 0. The summed E-state index contributed by atoms with van der Waals surface area (Å²) >= 11 is 4.09. The van der Waals surface area contributed by atoms with Gasteiger partial charge in [0, 0.05) is 29.3 Å². The second-order valence-electron chi connectivity index (χ2n) is 9.16. The lowest BCUT2D eigenvalue weighted by atomic mass is 10.0. The van der Waals surface area contributed by atoms with Gasteiger partial charge in [-0.3, -0.25) is 14.4 Å². The average molecular weight is 522 g/mol. The molecular weight excluding hydrogens is 486 g/mol. The minimum absolute atomic E-state index is 0.00866. The van der Waals surface area contributed by atoms with Crippen molar-refractivity contribution in [3.05, 3.63) is 36.0 Å². The van der Waals surface area contributed by atoms with Gasteiger partial charge in [-0.05, 0) is 30.9 Å². The van der Waals surface area contributed by atoms with Crippen molar-refractivity contribution < 1.29 is 29.4 Å². The number of aliphatic carboxylic acids is 1. The number of aromatic nitrogens is 1. The molecule has 5 atom stereocenters. The van der Waals surface area contributed by atoms with Crippen LogP contribution in [0.2, 0.25) is 0 Å². The van der Waals surface area contributed by atoms with E-state index in [4.69, 9.17) is 5.73 Å². The van der Waals surface area contributed by atoms with Crippen molar-refractivity contribution in [3.8, 4) is 0 Å². The summed E-state index contributed by atoms with van der Waals surface area (Å²) in [5.41, 5.74) is 7.19. The Morgan fingerprint density at radius 2 is 1.56 bits per heavy atom. The van der Waals surface area contributed by atoms with Crippen LogP contribution in [0, 0.1) is 5.92 Å². The van der Waals surface area contributed by atoms with E-state index in [9.17, 15) is 29.4 Å². The van der Waals surface area contributed by atoms with Gasteiger partial charge >= 0.3 is 5.97 Å². The molecule has 0 radical (unpaired) electrons. The molecule has 0 saturated carbocycles. The molecule has 5 unspecified atom stereocenters. The monoisotopic (exact) mass is 521 g/mol. The quantitative estimate of drug-likeness (QED) is 0.169. The Balaban J connectivity index is 2.13. The topological polar surface area (TPSA) is 187 Å². The molecule has 1 aromatic carbocycles. The van der Waals surface area contributed by atoms with Crippen molar-refractivity contribution >= 4 is 47.2 Å². The lowest BCUT2D eigenvalue weighted by Crippen LogP contribution is -2.59. The van der Waals surface area contributed by atoms with Crippen molar-refractivity contribution in [2.75, 3.05) is 5.75 Å². The van der Waals surface area contributed by atoms with Gasteiger partial charge in [0.05, 0.1) is 6.10 Å². The zero-order valence-corrected chi connectivity index (χ0v) is 21.4. The fraction of sp³-hybridized carbons (Fsp3) is 0.500. The largest absolute Gasteiger partial charge is 0.480 e. The number of aliphatic hydroxyl groups is 1. The molecule has 0 spiro atoms. The standard InChI is InChI=1S/C24H35N5O6S/c1-12(2)8-17(27-22(32)19(11-36)29-23(33)20(25)13(3)30)21(31)28-18(24(34)35)9-14-10-26-16-7-5-4-6-15(14)16/h4-7,10,12-13,17-20,26,30,36H,8-9,11,25H2,1-3H3,(H,27,32)(H,28,31)(H,29,33)(H,34,35). The number of hydrogen-bond acceptors (Lipinski definition) is 7. The second kappa shape index (κ2) is 13.3. The molecule has 2 rings (SSSR count). The van der Waals surface area contributed by atoms with Gasteiger partial charge in [0.25, 0.3) is 0 Å². The number of nitrogens with two attached hydrogens (primary N) is 1. The zero-order valence-electron chi connectivity index (χ0n) is 20.5. The Bertz CT molecular complexity index is 1070. The number of nitrogens with one attached hydrogen (secondary N) is 4. The average Bonchev–Trinajstić information content (AvgIpc) is 3.23. The summed E-state index contributed by atoms with van der Waals surface area (Å²) in [6, 6.07) is 2.79. The number of hydrogen-bond donors (Lipinski definition) is 8. The summed E-state index contributed by atoms with van der Waals surface area (Å²) in [4.78, 5) is 53.1. The highest BCUT2D eigenvalue weighted by Crippen LogP contribution is 2.19. The number of carboxylic acids is 1. The van der Waals surface area contributed by atoms with Crippen LogP contribution in [0.25, 0.3) is 10.9 Å². The minimum Gasteiger partial charge on any atom is -0.480 e. The van der Waals surface area contributed by atoms with Gasteiger partial charge in [0.2, 0.25) is 17.7 Å². The summed E-state index contributed by atoms with van der Waals surface area (Å²) in [6.45, 7) is 5.05.